The first-order chi connectivity index (χ1) is 12.0. The van der Waals surface area contributed by atoms with Crippen LogP contribution in [0.4, 0.5) is 26.5 Å². The fraction of sp³-hybridized carbons (Fsp3) is 0.312. The number of nitrogens with one attached hydrogen (secondary N) is 2. The van der Waals surface area contributed by atoms with Crippen LogP contribution in [0.15, 0.2) is 30.6 Å². The summed E-state index contributed by atoms with van der Waals surface area (Å²) in [6.45, 7) is 3.67. The van der Waals surface area contributed by atoms with E-state index < -0.39 is 11.8 Å². The van der Waals surface area contributed by atoms with E-state index >= 15 is 0 Å². The number of aromatic nitrogens is 2. The predicted octanol–water partition coefficient (Wildman–Crippen LogP) is 2.66. The number of carbonyl (C=O) groups is 1. The molecule has 1 aromatic heterocycles. The fourth-order valence-electron chi connectivity index (χ4n) is 2.42. The van der Waals surface area contributed by atoms with Gasteiger partial charge in [-0.25, -0.2) is 19.2 Å². The third-order valence-electron chi connectivity index (χ3n) is 3.86. The summed E-state index contributed by atoms with van der Waals surface area (Å²) in [5.74, 6) is 0.102. The Morgan fingerprint density at radius 1 is 1.12 bits per heavy atom. The minimum Gasteiger partial charge on any atom is -0.338 e. The summed E-state index contributed by atoms with van der Waals surface area (Å²) >= 11 is 5.68. The Hall–Kier alpha value is -2.45. The number of benzene rings is 1. The lowest BCUT2D eigenvalue weighted by atomic mass is 10.3. The van der Waals surface area contributed by atoms with E-state index in [2.05, 4.69) is 37.4 Å². The highest BCUT2D eigenvalue weighted by Crippen LogP contribution is 2.19. The molecule has 2 heterocycles. The van der Waals surface area contributed by atoms with E-state index in [1.807, 2.05) is 0 Å². The van der Waals surface area contributed by atoms with Crippen LogP contribution < -0.4 is 15.5 Å². The first kappa shape index (κ1) is 17.4. The average Bonchev–Trinajstić information content (AvgIpc) is 2.60. The van der Waals surface area contributed by atoms with Crippen molar-refractivity contribution in [2.24, 2.45) is 0 Å². The van der Waals surface area contributed by atoms with Gasteiger partial charge in [-0.15, -0.1) is 0 Å². The fourth-order valence-corrected chi connectivity index (χ4v) is 2.60. The maximum atomic E-state index is 13.1. The number of halogens is 2. The zero-order valence-corrected chi connectivity index (χ0v) is 14.4. The van der Waals surface area contributed by atoms with Crippen LogP contribution in [0.5, 0.6) is 0 Å². The number of hydrogen-bond acceptors (Lipinski definition) is 5. The van der Waals surface area contributed by atoms with Crippen molar-refractivity contribution in [3.8, 4) is 0 Å². The quantitative estimate of drug-likeness (QED) is 0.876. The standard InChI is InChI=1S/C16H18ClFN6O/c1-23-4-6-24(7-5-23)15-19-9-12(10-20-15)22-16(25)21-11-2-3-14(18)13(17)8-11/h2-3,8-10H,4-7H2,1H3,(H2,21,22,25). The molecule has 0 unspecified atom stereocenters. The third-order valence-corrected chi connectivity index (χ3v) is 4.15. The van der Waals surface area contributed by atoms with Crippen molar-refractivity contribution < 1.29 is 9.18 Å². The summed E-state index contributed by atoms with van der Waals surface area (Å²) in [5, 5.41) is 5.13. The number of rotatable bonds is 3. The van der Waals surface area contributed by atoms with Gasteiger partial charge in [-0.2, -0.15) is 0 Å². The molecule has 0 spiro atoms. The minimum atomic E-state index is -0.541. The summed E-state index contributed by atoms with van der Waals surface area (Å²) < 4.78 is 13.1. The molecule has 1 aliphatic heterocycles. The van der Waals surface area contributed by atoms with Gasteiger partial charge in [-0.05, 0) is 25.2 Å². The largest absolute Gasteiger partial charge is 0.338 e. The summed E-state index contributed by atoms with van der Waals surface area (Å²) in [4.78, 5) is 24.9. The van der Waals surface area contributed by atoms with Gasteiger partial charge in [0.1, 0.15) is 5.82 Å². The molecule has 0 saturated carbocycles. The van der Waals surface area contributed by atoms with Crippen LogP contribution in [-0.4, -0.2) is 54.1 Å². The SMILES string of the molecule is CN1CCN(c2ncc(NC(=O)Nc3ccc(F)c(Cl)c3)cn2)CC1. The molecule has 3 rings (SSSR count). The second-order valence-corrected chi connectivity index (χ2v) is 6.18. The molecular formula is C16H18ClFN6O. The molecule has 7 nitrogen and oxygen atoms in total. The van der Waals surface area contributed by atoms with Gasteiger partial charge >= 0.3 is 6.03 Å². The first-order valence-corrected chi connectivity index (χ1v) is 8.17. The summed E-state index contributed by atoms with van der Waals surface area (Å²) in [6, 6.07) is 3.46. The van der Waals surface area contributed by atoms with Gasteiger partial charge < -0.3 is 20.4 Å². The van der Waals surface area contributed by atoms with Crippen LogP contribution in [0, 0.1) is 5.82 Å². The molecule has 132 valence electrons. The van der Waals surface area contributed by atoms with Crippen molar-refractivity contribution in [3.63, 3.8) is 0 Å². The molecule has 0 atom stereocenters. The lowest BCUT2D eigenvalue weighted by molar-refractivity contribution is 0.262. The van der Waals surface area contributed by atoms with Crippen molar-refractivity contribution in [3.05, 3.63) is 41.4 Å². The number of amides is 2. The molecule has 0 aliphatic carbocycles. The third kappa shape index (κ3) is 4.55. The highest BCUT2D eigenvalue weighted by atomic mass is 35.5. The smallest absolute Gasteiger partial charge is 0.323 e. The van der Waals surface area contributed by atoms with Crippen molar-refractivity contribution in [2.75, 3.05) is 48.8 Å². The van der Waals surface area contributed by atoms with Crippen molar-refractivity contribution >= 4 is 35.0 Å². The number of piperazine rings is 1. The number of nitrogens with zero attached hydrogens (tertiary/aromatic N) is 4. The van der Waals surface area contributed by atoms with Gasteiger partial charge in [0.05, 0.1) is 23.1 Å². The van der Waals surface area contributed by atoms with Gasteiger partial charge in [-0.3, -0.25) is 0 Å². The number of hydrogen-bond donors (Lipinski definition) is 2. The lowest BCUT2D eigenvalue weighted by Crippen LogP contribution is -2.45. The zero-order chi connectivity index (χ0) is 17.8. The minimum absolute atomic E-state index is 0.0577. The van der Waals surface area contributed by atoms with Crippen LogP contribution in [-0.2, 0) is 0 Å². The highest BCUT2D eigenvalue weighted by Gasteiger charge is 2.16. The molecule has 2 amide bonds. The van der Waals surface area contributed by atoms with Crippen molar-refractivity contribution in [1.82, 2.24) is 14.9 Å². The van der Waals surface area contributed by atoms with Gasteiger partial charge in [0.15, 0.2) is 0 Å². The van der Waals surface area contributed by atoms with Crippen LogP contribution in [0.25, 0.3) is 0 Å². The Labute approximate surface area is 149 Å². The number of likely N-dealkylation sites (N-methyl/N-ethyl adjacent to an activating group) is 1. The van der Waals surface area contributed by atoms with Crippen molar-refractivity contribution in [1.29, 1.82) is 0 Å². The Morgan fingerprint density at radius 3 is 2.40 bits per heavy atom. The van der Waals surface area contributed by atoms with E-state index in [9.17, 15) is 9.18 Å². The van der Waals surface area contributed by atoms with E-state index in [0.717, 1.165) is 26.2 Å². The van der Waals surface area contributed by atoms with Gasteiger partial charge in [-0.1, -0.05) is 11.6 Å². The number of urea groups is 1. The molecule has 25 heavy (non-hydrogen) atoms. The zero-order valence-electron chi connectivity index (χ0n) is 13.7. The van der Waals surface area contributed by atoms with E-state index in [-0.39, 0.29) is 5.02 Å². The summed E-state index contributed by atoms with van der Waals surface area (Å²) in [7, 11) is 2.08. The van der Waals surface area contributed by atoms with Gasteiger partial charge in [0.25, 0.3) is 0 Å². The molecule has 1 aliphatic rings. The molecule has 2 aromatic rings. The number of carbonyl (C=O) groups excluding carboxylic acids is 1. The Morgan fingerprint density at radius 2 is 1.76 bits per heavy atom. The van der Waals surface area contributed by atoms with E-state index in [1.165, 1.54) is 18.2 Å². The molecule has 0 bridgehead atoms. The number of anilines is 3. The normalized spacial score (nSPS) is 15.1. The molecule has 1 aromatic carbocycles. The monoisotopic (exact) mass is 364 g/mol. The van der Waals surface area contributed by atoms with E-state index in [4.69, 9.17) is 11.6 Å². The first-order valence-electron chi connectivity index (χ1n) is 7.80. The van der Waals surface area contributed by atoms with Crippen LogP contribution in [0.1, 0.15) is 0 Å². The Kier molecular flexibility index (Phi) is 5.30. The van der Waals surface area contributed by atoms with Crippen LogP contribution in [0.3, 0.4) is 0 Å². The van der Waals surface area contributed by atoms with Gasteiger partial charge in [0.2, 0.25) is 5.95 Å². The Bertz CT molecular complexity index is 749. The maximum absolute atomic E-state index is 13.1. The van der Waals surface area contributed by atoms with Gasteiger partial charge in [0, 0.05) is 31.9 Å². The average molecular weight is 365 g/mol. The molecule has 1 fully saturated rings. The van der Waals surface area contributed by atoms with Crippen LogP contribution in [0.2, 0.25) is 5.02 Å². The van der Waals surface area contributed by atoms with E-state index in [1.54, 1.807) is 12.4 Å². The molecule has 0 radical (unpaired) electrons. The Balaban J connectivity index is 1.57. The highest BCUT2D eigenvalue weighted by molar-refractivity contribution is 6.31. The van der Waals surface area contributed by atoms with E-state index in [0.29, 0.717) is 17.3 Å². The van der Waals surface area contributed by atoms with Crippen LogP contribution >= 0.6 is 11.6 Å². The van der Waals surface area contributed by atoms with Crippen molar-refractivity contribution in [2.45, 2.75) is 0 Å². The lowest BCUT2D eigenvalue weighted by Gasteiger charge is -2.32. The summed E-state index contributed by atoms with van der Waals surface area (Å²) in [5.41, 5.74) is 0.850. The second kappa shape index (κ2) is 7.62. The topological polar surface area (TPSA) is 73.4 Å². The molecular weight excluding hydrogens is 347 g/mol. The maximum Gasteiger partial charge on any atom is 0.323 e. The summed E-state index contributed by atoms with van der Waals surface area (Å²) in [6.07, 6.45) is 3.11. The molecule has 2 N–H and O–H groups in total. The second-order valence-electron chi connectivity index (χ2n) is 5.77. The molecule has 9 heteroatoms. The predicted molar refractivity (Wildman–Crippen MR) is 95.8 cm³/mol. The molecule has 1 saturated heterocycles.